The Hall–Kier alpha value is -1.56. The summed E-state index contributed by atoms with van der Waals surface area (Å²) in [4.78, 5) is 8.22. The lowest BCUT2D eigenvalue weighted by Gasteiger charge is -2.21. The smallest absolute Gasteiger partial charge is 0.204 e. The molecule has 0 amide bonds. The van der Waals surface area contributed by atoms with E-state index in [2.05, 4.69) is 34.4 Å². The molecule has 0 saturated carbocycles. The maximum absolute atomic E-state index is 10.1. The van der Waals surface area contributed by atoms with Crippen molar-refractivity contribution >= 4 is 11.6 Å². The fraction of sp³-hybridized carbons (Fsp3) is 0.692. The van der Waals surface area contributed by atoms with E-state index in [1.807, 2.05) is 0 Å². The van der Waals surface area contributed by atoms with Crippen LogP contribution in [0.4, 0.5) is 11.6 Å². The molecule has 0 aliphatic rings. The summed E-state index contributed by atoms with van der Waals surface area (Å²) in [5.74, 6) is 2.06. The molecule has 0 saturated heterocycles. The third-order valence-electron chi connectivity index (χ3n) is 3.32. The molecule has 0 radical (unpaired) electrons. The van der Waals surface area contributed by atoms with Crippen molar-refractivity contribution in [2.24, 2.45) is 5.92 Å². The molecule has 108 valence electrons. The van der Waals surface area contributed by atoms with Gasteiger partial charge < -0.3 is 20.5 Å². The highest BCUT2D eigenvalue weighted by molar-refractivity contribution is 5.63. The van der Waals surface area contributed by atoms with Crippen LogP contribution in [0.3, 0.4) is 0 Å². The Bertz CT molecular complexity index is 383. The highest BCUT2D eigenvalue weighted by Crippen LogP contribution is 2.28. The Morgan fingerprint density at radius 1 is 1.26 bits per heavy atom. The summed E-state index contributed by atoms with van der Waals surface area (Å²) in [7, 11) is 3.34. The standard InChI is InChI=1S/C13H24N4O2/c1-5-9(6-2)10(18)7-15-13-11(19-4)12(14-3)16-8-17-13/h8-10,18H,5-7H2,1-4H3,(H2,14,15,16,17). The van der Waals surface area contributed by atoms with E-state index in [1.165, 1.54) is 6.33 Å². The van der Waals surface area contributed by atoms with Crippen LogP contribution in [0.5, 0.6) is 5.75 Å². The normalized spacial score (nSPS) is 12.3. The fourth-order valence-electron chi connectivity index (χ4n) is 2.07. The first-order chi connectivity index (χ1) is 9.17. The van der Waals surface area contributed by atoms with Gasteiger partial charge in [0.1, 0.15) is 6.33 Å². The van der Waals surface area contributed by atoms with Crippen LogP contribution in [0.15, 0.2) is 6.33 Å². The minimum Gasteiger partial charge on any atom is -0.490 e. The van der Waals surface area contributed by atoms with Crippen molar-refractivity contribution in [1.29, 1.82) is 0 Å². The number of rotatable bonds is 8. The average molecular weight is 268 g/mol. The first kappa shape index (κ1) is 15.5. The number of aliphatic hydroxyl groups excluding tert-OH is 1. The molecule has 6 nitrogen and oxygen atoms in total. The molecular weight excluding hydrogens is 244 g/mol. The van der Waals surface area contributed by atoms with Crippen molar-refractivity contribution < 1.29 is 9.84 Å². The number of nitrogens with one attached hydrogen (secondary N) is 2. The Balaban J connectivity index is 2.72. The van der Waals surface area contributed by atoms with E-state index in [-0.39, 0.29) is 0 Å². The Morgan fingerprint density at radius 3 is 2.42 bits per heavy atom. The topological polar surface area (TPSA) is 79.3 Å². The van der Waals surface area contributed by atoms with E-state index in [0.717, 1.165) is 12.8 Å². The molecule has 0 aliphatic carbocycles. The van der Waals surface area contributed by atoms with E-state index in [0.29, 0.717) is 29.8 Å². The van der Waals surface area contributed by atoms with Gasteiger partial charge in [0.2, 0.25) is 5.75 Å². The van der Waals surface area contributed by atoms with Gasteiger partial charge in [-0.05, 0) is 5.92 Å². The van der Waals surface area contributed by atoms with Crippen LogP contribution in [0, 0.1) is 5.92 Å². The number of nitrogens with zero attached hydrogens (tertiary/aromatic N) is 2. The minimum atomic E-state index is -0.396. The monoisotopic (exact) mass is 268 g/mol. The van der Waals surface area contributed by atoms with Crippen LogP contribution < -0.4 is 15.4 Å². The van der Waals surface area contributed by atoms with Gasteiger partial charge in [-0.15, -0.1) is 0 Å². The van der Waals surface area contributed by atoms with Gasteiger partial charge in [-0.2, -0.15) is 0 Å². The SMILES string of the molecule is CCC(CC)C(O)CNc1ncnc(NC)c1OC. The number of hydrogen-bond acceptors (Lipinski definition) is 6. The van der Waals surface area contributed by atoms with Crippen LogP contribution in [0.1, 0.15) is 26.7 Å². The van der Waals surface area contributed by atoms with Crippen LogP contribution in [0.2, 0.25) is 0 Å². The number of ether oxygens (including phenoxy) is 1. The first-order valence-corrected chi connectivity index (χ1v) is 6.66. The molecule has 0 spiro atoms. The van der Waals surface area contributed by atoms with Crippen LogP contribution in [-0.2, 0) is 0 Å². The molecule has 0 bridgehead atoms. The molecule has 6 heteroatoms. The van der Waals surface area contributed by atoms with Crippen molar-refractivity contribution in [3.05, 3.63) is 6.33 Å². The number of aliphatic hydroxyl groups is 1. The average Bonchev–Trinajstić information content (AvgIpc) is 2.45. The summed E-state index contributed by atoms with van der Waals surface area (Å²) >= 11 is 0. The Kier molecular flexibility index (Phi) is 6.35. The lowest BCUT2D eigenvalue weighted by molar-refractivity contribution is 0.114. The predicted molar refractivity (Wildman–Crippen MR) is 76.7 cm³/mol. The summed E-state index contributed by atoms with van der Waals surface area (Å²) in [6.07, 6.45) is 2.98. The minimum absolute atomic E-state index is 0.295. The van der Waals surface area contributed by atoms with E-state index >= 15 is 0 Å². The van der Waals surface area contributed by atoms with Crippen LogP contribution in [-0.4, -0.2) is 41.9 Å². The van der Waals surface area contributed by atoms with Gasteiger partial charge in [0.25, 0.3) is 0 Å². The lowest BCUT2D eigenvalue weighted by Crippen LogP contribution is -2.28. The highest BCUT2D eigenvalue weighted by atomic mass is 16.5. The third-order valence-corrected chi connectivity index (χ3v) is 3.32. The molecule has 3 N–H and O–H groups in total. The molecule has 1 unspecified atom stereocenters. The molecule has 1 rings (SSSR count). The quantitative estimate of drug-likeness (QED) is 0.666. The van der Waals surface area contributed by atoms with Crippen molar-refractivity contribution in [3.63, 3.8) is 0 Å². The third kappa shape index (κ3) is 3.96. The van der Waals surface area contributed by atoms with E-state index in [4.69, 9.17) is 4.74 Å². The molecule has 1 heterocycles. The molecule has 1 aromatic heterocycles. The summed E-state index contributed by atoms with van der Waals surface area (Å²) in [5, 5.41) is 16.2. The lowest BCUT2D eigenvalue weighted by atomic mass is 9.96. The second-order valence-electron chi connectivity index (χ2n) is 4.38. The zero-order valence-corrected chi connectivity index (χ0v) is 12.1. The van der Waals surface area contributed by atoms with Gasteiger partial charge in [-0.25, -0.2) is 9.97 Å². The molecule has 1 aromatic rings. The molecule has 1 atom stereocenters. The number of anilines is 2. The zero-order valence-electron chi connectivity index (χ0n) is 12.1. The van der Waals surface area contributed by atoms with Gasteiger partial charge >= 0.3 is 0 Å². The molecule has 0 aromatic carbocycles. The molecular formula is C13H24N4O2. The molecule has 19 heavy (non-hydrogen) atoms. The second kappa shape index (κ2) is 7.78. The van der Waals surface area contributed by atoms with Gasteiger partial charge in [0.15, 0.2) is 11.6 Å². The van der Waals surface area contributed by atoms with Gasteiger partial charge in [-0.3, -0.25) is 0 Å². The van der Waals surface area contributed by atoms with E-state index in [1.54, 1.807) is 14.2 Å². The Labute approximate surface area is 114 Å². The number of aromatic nitrogens is 2. The van der Waals surface area contributed by atoms with Gasteiger partial charge in [0.05, 0.1) is 13.2 Å². The first-order valence-electron chi connectivity index (χ1n) is 6.66. The van der Waals surface area contributed by atoms with Crippen molar-refractivity contribution in [2.75, 3.05) is 31.3 Å². The van der Waals surface area contributed by atoms with Crippen molar-refractivity contribution in [3.8, 4) is 5.75 Å². The summed E-state index contributed by atoms with van der Waals surface area (Å²) < 4.78 is 5.28. The van der Waals surface area contributed by atoms with Crippen LogP contribution in [0.25, 0.3) is 0 Å². The zero-order chi connectivity index (χ0) is 14.3. The molecule has 0 fully saturated rings. The Morgan fingerprint density at radius 2 is 1.89 bits per heavy atom. The van der Waals surface area contributed by atoms with Crippen molar-refractivity contribution in [1.82, 2.24) is 9.97 Å². The second-order valence-corrected chi connectivity index (χ2v) is 4.38. The molecule has 0 aliphatic heterocycles. The van der Waals surface area contributed by atoms with Gasteiger partial charge in [-0.1, -0.05) is 26.7 Å². The van der Waals surface area contributed by atoms with Crippen molar-refractivity contribution in [2.45, 2.75) is 32.8 Å². The maximum Gasteiger partial charge on any atom is 0.204 e. The predicted octanol–water partition coefficient (Wildman–Crippen LogP) is 1.74. The van der Waals surface area contributed by atoms with E-state index in [9.17, 15) is 5.11 Å². The summed E-state index contributed by atoms with van der Waals surface area (Å²) in [6, 6.07) is 0. The largest absolute Gasteiger partial charge is 0.490 e. The number of hydrogen-bond donors (Lipinski definition) is 3. The summed E-state index contributed by atoms with van der Waals surface area (Å²) in [6.45, 7) is 4.62. The summed E-state index contributed by atoms with van der Waals surface area (Å²) in [5.41, 5.74) is 0. The maximum atomic E-state index is 10.1. The number of methoxy groups -OCH3 is 1. The van der Waals surface area contributed by atoms with Gasteiger partial charge in [0, 0.05) is 13.6 Å². The van der Waals surface area contributed by atoms with E-state index < -0.39 is 6.10 Å². The van der Waals surface area contributed by atoms with Crippen LogP contribution >= 0.6 is 0 Å². The fourth-order valence-corrected chi connectivity index (χ4v) is 2.07. The highest BCUT2D eigenvalue weighted by Gasteiger charge is 2.17.